The van der Waals surface area contributed by atoms with Gasteiger partial charge in [0.25, 0.3) is 5.91 Å². The summed E-state index contributed by atoms with van der Waals surface area (Å²) in [5, 5.41) is 14.6. The molecule has 4 heterocycles. The van der Waals surface area contributed by atoms with E-state index in [1.165, 1.54) is 11.3 Å². The number of hydrogen-bond acceptors (Lipinski definition) is 6. The summed E-state index contributed by atoms with van der Waals surface area (Å²) in [5.74, 6) is 0.473. The van der Waals surface area contributed by atoms with Gasteiger partial charge in [-0.3, -0.25) is 14.5 Å². The van der Waals surface area contributed by atoms with Gasteiger partial charge >= 0.3 is 0 Å². The maximum absolute atomic E-state index is 12.9. The van der Waals surface area contributed by atoms with Crippen LogP contribution >= 0.6 is 11.3 Å². The molecule has 2 aliphatic rings. The highest BCUT2D eigenvalue weighted by Crippen LogP contribution is 2.28. The van der Waals surface area contributed by atoms with Crippen molar-refractivity contribution in [2.75, 3.05) is 44.6 Å². The lowest BCUT2D eigenvalue weighted by Crippen LogP contribution is -2.50. The highest BCUT2D eigenvalue weighted by Gasteiger charge is 2.26. The van der Waals surface area contributed by atoms with Crippen molar-refractivity contribution in [1.29, 1.82) is 5.26 Å². The van der Waals surface area contributed by atoms with Crippen molar-refractivity contribution in [3.8, 4) is 6.07 Å². The largest absolute Gasteiger partial charge is 0.376 e. The molecule has 0 spiro atoms. The number of anilines is 1. The number of amides is 2. The predicted octanol–water partition coefficient (Wildman–Crippen LogP) is 2.61. The lowest BCUT2D eigenvalue weighted by Gasteiger charge is -2.34. The van der Waals surface area contributed by atoms with Crippen LogP contribution in [0.1, 0.15) is 39.3 Å². The summed E-state index contributed by atoms with van der Waals surface area (Å²) >= 11 is 1.45. The first-order valence-corrected chi connectivity index (χ1v) is 11.9. The fourth-order valence-electron chi connectivity index (χ4n) is 4.39. The number of rotatable bonds is 6. The summed E-state index contributed by atoms with van der Waals surface area (Å²) in [6.07, 6.45) is 2.13. The Hall–Kier alpha value is -2.67. The van der Waals surface area contributed by atoms with Crippen molar-refractivity contribution >= 4 is 29.0 Å². The van der Waals surface area contributed by atoms with Gasteiger partial charge in [0.05, 0.1) is 29.6 Å². The highest BCUT2D eigenvalue weighted by molar-refractivity contribution is 7.12. The van der Waals surface area contributed by atoms with Crippen molar-refractivity contribution in [3.05, 3.63) is 39.2 Å². The molecular formula is C23H29N5O3S. The Balaban J connectivity index is 1.37. The third-order valence-corrected chi connectivity index (χ3v) is 7.23. The van der Waals surface area contributed by atoms with Crippen molar-refractivity contribution in [2.24, 2.45) is 0 Å². The van der Waals surface area contributed by atoms with E-state index in [2.05, 4.69) is 11.4 Å². The number of nitrogens with one attached hydrogen (secondary N) is 1. The smallest absolute Gasteiger partial charge is 0.264 e. The van der Waals surface area contributed by atoms with Crippen molar-refractivity contribution in [2.45, 2.75) is 39.3 Å². The summed E-state index contributed by atoms with van der Waals surface area (Å²) in [6, 6.07) is 5.98. The number of thiophene rings is 1. The van der Waals surface area contributed by atoms with Crippen molar-refractivity contribution in [3.63, 3.8) is 0 Å². The van der Waals surface area contributed by atoms with E-state index in [4.69, 9.17) is 4.74 Å². The van der Waals surface area contributed by atoms with Crippen LogP contribution in [0.2, 0.25) is 0 Å². The number of piperazine rings is 1. The van der Waals surface area contributed by atoms with Crippen LogP contribution in [0.4, 0.5) is 5.82 Å². The van der Waals surface area contributed by atoms with Crippen LogP contribution < -0.4 is 5.32 Å². The second kappa shape index (κ2) is 9.86. The third kappa shape index (κ3) is 4.72. The standard InChI is InChI=1S/C23H29N5O3S/c1-16-17(2)28(14-18-5-3-11-31-18)22(19(16)13-24)25-21(29)15-26-7-9-27(10-8-26)23(30)20-6-4-12-32-20/h4,6,12,18H,3,5,7-11,14-15H2,1-2H3,(H,25,29)/t18-/m0/s1. The minimum Gasteiger partial charge on any atom is -0.376 e. The summed E-state index contributed by atoms with van der Waals surface area (Å²) in [6.45, 7) is 8.00. The lowest BCUT2D eigenvalue weighted by molar-refractivity contribution is -0.117. The van der Waals surface area contributed by atoms with Gasteiger partial charge in [-0.15, -0.1) is 11.3 Å². The van der Waals surface area contributed by atoms with E-state index in [0.29, 0.717) is 44.1 Å². The normalized spacial score (nSPS) is 19.2. The zero-order valence-corrected chi connectivity index (χ0v) is 19.4. The van der Waals surface area contributed by atoms with E-state index >= 15 is 0 Å². The second-order valence-corrected chi connectivity index (χ2v) is 9.33. The molecule has 1 N–H and O–H groups in total. The third-order valence-electron chi connectivity index (χ3n) is 6.37. The van der Waals surface area contributed by atoms with Crippen LogP contribution in [0.3, 0.4) is 0 Å². The Kier molecular flexibility index (Phi) is 6.94. The van der Waals surface area contributed by atoms with Gasteiger partial charge in [0.1, 0.15) is 11.9 Å². The Morgan fingerprint density at radius 1 is 1.28 bits per heavy atom. The minimum absolute atomic E-state index is 0.0562. The monoisotopic (exact) mass is 455 g/mol. The van der Waals surface area contributed by atoms with Gasteiger partial charge in [-0.25, -0.2) is 0 Å². The molecule has 2 amide bonds. The molecule has 8 nitrogen and oxygen atoms in total. The molecule has 4 rings (SSSR count). The molecule has 9 heteroatoms. The molecule has 0 aliphatic carbocycles. The topological polar surface area (TPSA) is 90.6 Å². The molecule has 0 saturated carbocycles. The minimum atomic E-state index is -0.148. The first kappa shape index (κ1) is 22.5. The van der Waals surface area contributed by atoms with Gasteiger partial charge in [-0.05, 0) is 43.7 Å². The van der Waals surface area contributed by atoms with E-state index in [1.54, 1.807) is 0 Å². The number of hydrogen-bond donors (Lipinski definition) is 1. The molecule has 0 unspecified atom stereocenters. The molecule has 170 valence electrons. The van der Waals surface area contributed by atoms with E-state index in [-0.39, 0.29) is 24.5 Å². The van der Waals surface area contributed by atoms with Crippen LogP contribution in [0.15, 0.2) is 17.5 Å². The van der Waals surface area contributed by atoms with Gasteiger partial charge in [-0.1, -0.05) is 6.07 Å². The van der Waals surface area contributed by atoms with Gasteiger partial charge in [-0.2, -0.15) is 5.26 Å². The zero-order chi connectivity index (χ0) is 22.7. The van der Waals surface area contributed by atoms with E-state index in [1.807, 2.05) is 45.7 Å². The molecule has 32 heavy (non-hydrogen) atoms. The van der Waals surface area contributed by atoms with E-state index in [0.717, 1.165) is 35.6 Å². The Morgan fingerprint density at radius 3 is 2.69 bits per heavy atom. The fraction of sp³-hybridized carbons (Fsp3) is 0.522. The Morgan fingerprint density at radius 2 is 2.06 bits per heavy atom. The molecule has 1 atom stereocenters. The van der Waals surface area contributed by atoms with E-state index in [9.17, 15) is 14.9 Å². The Bertz CT molecular complexity index is 1010. The summed E-state index contributed by atoms with van der Waals surface area (Å²) in [7, 11) is 0. The van der Waals surface area contributed by atoms with Crippen molar-refractivity contribution < 1.29 is 14.3 Å². The molecular weight excluding hydrogens is 426 g/mol. The average Bonchev–Trinajstić information content (AvgIpc) is 3.54. The lowest BCUT2D eigenvalue weighted by atomic mass is 10.2. The van der Waals surface area contributed by atoms with Crippen LogP contribution in [0.25, 0.3) is 0 Å². The second-order valence-electron chi connectivity index (χ2n) is 8.39. The van der Waals surface area contributed by atoms with Crippen LogP contribution in [0.5, 0.6) is 0 Å². The predicted molar refractivity (Wildman–Crippen MR) is 123 cm³/mol. The van der Waals surface area contributed by atoms with Crippen LogP contribution in [-0.4, -0.2) is 71.6 Å². The van der Waals surface area contributed by atoms with Crippen LogP contribution in [-0.2, 0) is 16.1 Å². The molecule has 2 saturated heterocycles. The van der Waals surface area contributed by atoms with Gasteiger partial charge < -0.3 is 19.5 Å². The molecule has 2 aromatic heterocycles. The maximum atomic E-state index is 12.9. The molecule has 0 radical (unpaired) electrons. The molecule has 0 aromatic carbocycles. The Labute approximate surface area is 192 Å². The number of carbonyl (C=O) groups is 2. The number of carbonyl (C=O) groups excluding carboxylic acids is 2. The van der Waals surface area contributed by atoms with Crippen molar-refractivity contribution in [1.82, 2.24) is 14.4 Å². The number of ether oxygens (including phenoxy) is 1. The first-order valence-electron chi connectivity index (χ1n) is 11.0. The quantitative estimate of drug-likeness (QED) is 0.723. The number of aromatic nitrogens is 1. The summed E-state index contributed by atoms with van der Waals surface area (Å²) in [4.78, 5) is 30.0. The average molecular weight is 456 g/mol. The van der Waals surface area contributed by atoms with Crippen LogP contribution in [0, 0.1) is 25.2 Å². The summed E-state index contributed by atoms with van der Waals surface area (Å²) in [5.41, 5.74) is 2.38. The highest BCUT2D eigenvalue weighted by atomic mass is 32.1. The summed E-state index contributed by atoms with van der Waals surface area (Å²) < 4.78 is 7.79. The van der Waals surface area contributed by atoms with Gasteiger partial charge in [0.2, 0.25) is 5.91 Å². The molecule has 2 aromatic rings. The number of nitriles is 1. The molecule has 2 fully saturated rings. The first-order chi connectivity index (χ1) is 15.5. The van der Waals surface area contributed by atoms with Gasteiger partial charge in [0, 0.05) is 38.5 Å². The van der Waals surface area contributed by atoms with Gasteiger partial charge in [0.15, 0.2) is 0 Å². The zero-order valence-electron chi connectivity index (χ0n) is 18.6. The molecule has 0 bridgehead atoms. The molecule has 2 aliphatic heterocycles. The number of nitrogens with zero attached hydrogens (tertiary/aromatic N) is 4. The maximum Gasteiger partial charge on any atom is 0.264 e. The van der Waals surface area contributed by atoms with E-state index < -0.39 is 0 Å². The fourth-order valence-corrected chi connectivity index (χ4v) is 5.08. The SMILES string of the molecule is Cc1c(C#N)c(NC(=O)CN2CCN(C(=O)c3cccs3)CC2)n(C[C@@H]2CCCO2)c1C.